The van der Waals surface area contributed by atoms with Crippen LogP contribution in [0.15, 0.2) is 96.0 Å². The number of para-hydroxylation sites is 1. The number of hydrogen-bond acceptors (Lipinski definition) is 6. The summed E-state index contributed by atoms with van der Waals surface area (Å²) in [6, 6.07) is 23.9. The second kappa shape index (κ2) is 10.5. The molecule has 10 heteroatoms. The molecule has 0 saturated heterocycles. The van der Waals surface area contributed by atoms with Gasteiger partial charge in [0.2, 0.25) is 0 Å². The van der Waals surface area contributed by atoms with Crippen LogP contribution in [0, 0.1) is 6.92 Å². The van der Waals surface area contributed by atoms with Gasteiger partial charge in [0.1, 0.15) is 0 Å². The number of carbonyl (C=O) groups excluding carboxylic acids is 1. The minimum absolute atomic E-state index is 0.0825. The minimum atomic E-state index is -3.81. The van der Waals surface area contributed by atoms with Crippen LogP contribution in [-0.4, -0.2) is 31.3 Å². The van der Waals surface area contributed by atoms with Gasteiger partial charge < -0.3 is 0 Å². The average Bonchev–Trinajstić information content (AvgIpc) is 3.41. The zero-order chi connectivity index (χ0) is 26.9. The molecule has 38 heavy (non-hydrogen) atoms. The standard InChI is InChI=1S/C28H23ClN4O3S2/c1-19-11-16-24(29)26-25(19)31-28(37-26)33(18-21-8-6-7-17-30-21)27(34)20-12-14-23(15-13-20)38(35,36)32(2)22-9-4-3-5-10-22/h3-17H,18H2,1-2H3. The van der Waals surface area contributed by atoms with Gasteiger partial charge in [-0.3, -0.25) is 19.0 Å². The number of hydrogen-bond donors (Lipinski definition) is 0. The van der Waals surface area contributed by atoms with Gasteiger partial charge in [0.25, 0.3) is 15.9 Å². The molecule has 0 atom stereocenters. The first-order valence-electron chi connectivity index (χ1n) is 11.7. The molecule has 0 radical (unpaired) electrons. The maximum Gasteiger partial charge on any atom is 0.264 e. The van der Waals surface area contributed by atoms with Crippen molar-refractivity contribution >= 4 is 59.9 Å². The number of amides is 1. The molecule has 5 aromatic rings. The Morgan fingerprint density at radius 2 is 1.66 bits per heavy atom. The van der Waals surface area contributed by atoms with Crippen LogP contribution in [0.4, 0.5) is 10.8 Å². The first-order valence-corrected chi connectivity index (χ1v) is 14.3. The summed E-state index contributed by atoms with van der Waals surface area (Å²) in [5, 5.41) is 1.05. The van der Waals surface area contributed by atoms with Gasteiger partial charge in [-0.25, -0.2) is 13.4 Å². The second-order valence-corrected chi connectivity index (χ2v) is 11.9. The Balaban J connectivity index is 1.50. The number of sulfonamides is 1. The van der Waals surface area contributed by atoms with E-state index in [9.17, 15) is 13.2 Å². The maximum absolute atomic E-state index is 13.8. The molecule has 7 nitrogen and oxygen atoms in total. The fourth-order valence-electron chi connectivity index (χ4n) is 3.95. The van der Waals surface area contributed by atoms with E-state index in [1.165, 1.54) is 47.0 Å². The average molecular weight is 563 g/mol. The Hall–Kier alpha value is -3.79. The normalized spacial score (nSPS) is 11.4. The number of carbonyl (C=O) groups is 1. The van der Waals surface area contributed by atoms with E-state index < -0.39 is 10.0 Å². The molecule has 5 rings (SSSR count). The highest BCUT2D eigenvalue weighted by Gasteiger charge is 2.25. The molecule has 1 amide bonds. The number of thiazole rings is 1. The van der Waals surface area contributed by atoms with Crippen LogP contribution in [0.1, 0.15) is 21.6 Å². The topological polar surface area (TPSA) is 83.5 Å². The van der Waals surface area contributed by atoms with E-state index in [4.69, 9.17) is 16.6 Å². The van der Waals surface area contributed by atoms with Crippen molar-refractivity contribution in [1.82, 2.24) is 9.97 Å². The Bertz CT molecular complexity index is 1670. The van der Waals surface area contributed by atoms with E-state index in [0.29, 0.717) is 27.1 Å². The highest BCUT2D eigenvalue weighted by molar-refractivity contribution is 7.92. The molecule has 0 bridgehead atoms. The number of aryl methyl sites for hydroxylation is 1. The van der Waals surface area contributed by atoms with Crippen LogP contribution in [0.3, 0.4) is 0 Å². The zero-order valence-electron chi connectivity index (χ0n) is 20.6. The first-order chi connectivity index (χ1) is 18.3. The third kappa shape index (κ3) is 5.00. The van der Waals surface area contributed by atoms with Gasteiger partial charge in [-0.05, 0) is 67.1 Å². The lowest BCUT2D eigenvalue weighted by atomic mass is 10.2. The predicted molar refractivity (Wildman–Crippen MR) is 153 cm³/mol. The molecule has 3 aromatic carbocycles. The lowest BCUT2D eigenvalue weighted by Crippen LogP contribution is -2.31. The summed E-state index contributed by atoms with van der Waals surface area (Å²) in [5.74, 6) is -0.330. The van der Waals surface area contributed by atoms with Crippen LogP contribution in [0.25, 0.3) is 10.2 Å². The van der Waals surface area contributed by atoms with Crippen LogP contribution in [-0.2, 0) is 16.6 Å². The molecule has 0 aliphatic heterocycles. The summed E-state index contributed by atoms with van der Waals surface area (Å²) < 4.78 is 28.4. The number of halogens is 1. The summed E-state index contributed by atoms with van der Waals surface area (Å²) in [7, 11) is -2.31. The quantitative estimate of drug-likeness (QED) is 0.231. The molecule has 0 aliphatic carbocycles. The van der Waals surface area contributed by atoms with Gasteiger partial charge in [0.05, 0.1) is 38.1 Å². The SMILES string of the molecule is Cc1ccc(Cl)c2sc(N(Cc3ccccn3)C(=O)c3ccc(S(=O)(=O)N(C)c4ccccc4)cc3)nc12. The molecular formula is C28H23ClN4O3S2. The maximum atomic E-state index is 13.8. The van der Waals surface area contributed by atoms with Gasteiger partial charge in [0.15, 0.2) is 5.13 Å². The number of aromatic nitrogens is 2. The number of nitrogens with zero attached hydrogens (tertiary/aromatic N) is 4. The van der Waals surface area contributed by atoms with Crippen molar-refractivity contribution in [2.45, 2.75) is 18.4 Å². The summed E-state index contributed by atoms with van der Waals surface area (Å²) in [5.41, 5.74) is 3.24. The summed E-state index contributed by atoms with van der Waals surface area (Å²) in [6.45, 7) is 2.13. The lowest BCUT2D eigenvalue weighted by molar-refractivity contribution is 0.0984. The fourth-order valence-corrected chi connectivity index (χ4v) is 6.46. The lowest BCUT2D eigenvalue weighted by Gasteiger charge is -2.21. The third-order valence-electron chi connectivity index (χ3n) is 6.09. The predicted octanol–water partition coefficient (Wildman–Crippen LogP) is 6.33. The summed E-state index contributed by atoms with van der Waals surface area (Å²) >= 11 is 7.76. The van der Waals surface area contributed by atoms with Crippen molar-refractivity contribution in [3.05, 3.63) is 113 Å². The van der Waals surface area contributed by atoms with E-state index in [2.05, 4.69) is 4.98 Å². The van der Waals surface area contributed by atoms with E-state index in [1.807, 2.05) is 43.3 Å². The van der Waals surface area contributed by atoms with Crippen molar-refractivity contribution in [3.8, 4) is 0 Å². The molecular weight excluding hydrogens is 540 g/mol. The smallest absolute Gasteiger partial charge is 0.264 e. The Morgan fingerprint density at radius 1 is 0.947 bits per heavy atom. The van der Waals surface area contributed by atoms with Crippen LogP contribution >= 0.6 is 22.9 Å². The molecule has 2 heterocycles. The molecule has 0 fully saturated rings. The van der Waals surface area contributed by atoms with Crippen LogP contribution < -0.4 is 9.21 Å². The van der Waals surface area contributed by atoms with Crippen molar-refractivity contribution < 1.29 is 13.2 Å². The molecule has 0 unspecified atom stereocenters. The second-order valence-electron chi connectivity index (χ2n) is 8.58. The molecule has 0 aliphatic rings. The number of anilines is 2. The number of fused-ring (bicyclic) bond motifs is 1. The van der Waals surface area contributed by atoms with Crippen molar-refractivity contribution in [3.63, 3.8) is 0 Å². The van der Waals surface area contributed by atoms with Gasteiger partial charge in [-0.2, -0.15) is 0 Å². The Labute approximate surface area is 230 Å². The Morgan fingerprint density at radius 3 is 2.32 bits per heavy atom. The zero-order valence-corrected chi connectivity index (χ0v) is 23.0. The van der Waals surface area contributed by atoms with E-state index in [-0.39, 0.29) is 17.3 Å². The Kier molecular flexibility index (Phi) is 7.16. The third-order valence-corrected chi connectivity index (χ3v) is 9.43. The van der Waals surface area contributed by atoms with Gasteiger partial charge in [-0.1, -0.05) is 53.3 Å². The number of pyridine rings is 1. The van der Waals surface area contributed by atoms with E-state index in [1.54, 1.807) is 35.4 Å². The van der Waals surface area contributed by atoms with Crippen molar-refractivity contribution in [1.29, 1.82) is 0 Å². The van der Waals surface area contributed by atoms with Gasteiger partial charge >= 0.3 is 0 Å². The van der Waals surface area contributed by atoms with Gasteiger partial charge in [0, 0.05) is 18.8 Å². The van der Waals surface area contributed by atoms with Crippen molar-refractivity contribution in [2.75, 3.05) is 16.3 Å². The van der Waals surface area contributed by atoms with E-state index >= 15 is 0 Å². The fraction of sp³-hybridized carbons (Fsp3) is 0.107. The summed E-state index contributed by atoms with van der Waals surface area (Å²) in [4.78, 5) is 24.5. The van der Waals surface area contributed by atoms with Crippen LogP contribution in [0.2, 0.25) is 5.02 Å². The van der Waals surface area contributed by atoms with Crippen LogP contribution in [0.5, 0.6) is 0 Å². The van der Waals surface area contributed by atoms with Crippen molar-refractivity contribution in [2.24, 2.45) is 0 Å². The number of rotatable bonds is 7. The molecule has 0 spiro atoms. The molecule has 192 valence electrons. The highest BCUT2D eigenvalue weighted by Crippen LogP contribution is 2.36. The largest absolute Gasteiger partial charge is 0.278 e. The monoisotopic (exact) mass is 562 g/mol. The highest BCUT2D eigenvalue weighted by atomic mass is 35.5. The molecule has 0 N–H and O–H groups in total. The number of benzene rings is 3. The molecule has 2 aromatic heterocycles. The first kappa shape index (κ1) is 25.8. The minimum Gasteiger partial charge on any atom is -0.278 e. The molecule has 0 saturated carbocycles. The summed E-state index contributed by atoms with van der Waals surface area (Å²) in [6.07, 6.45) is 1.67. The van der Waals surface area contributed by atoms with E-state index in [0.717, 1.165) is 15.8 Å². The van der Waals surface area contributed by atoms with Gasteiger partial charge in [-0.15, -0.1) is 0 Å².